The Morgan fingerprint density at radius 1 is 0.311 bits per heavy atom. The van der Waals surface area contributed by atoms with E-state index < -0.39 is 0 Å². The largest absolute Gasteiger partial charge is 0.455 e. The molecule has 0 saturated carbocycles. The Morgan fingerprint density at radius 2 is 0.787 bits per heavy atom. The number of aromatic nitrogens is 3. The minimum Gasteiger partial charge on any atom is -0.455 e. The van der Waals surface area contributed by atoms with Gasteiger partial charge in [0, 0.05) is 38.2 Å². The maximum atomic E-state index is 6.64. The number of rotatable bonds is 6. The molecule has 61 heavy (non-hydrogen) atoms. The molecule has 0 aliphatic carbocycles. The maximum absolute atomic E-state index is 6.64. The molecule has 0 aliphatic heterocycles. The van der Waals surface area contributed by atoms with E-state index in [4.69, 9.17) is 23.8 Å². The van der Waals surface area contributed by atoms with Crippen LogP contribution in [0.1, 0.15) is 0 Å². The molecule has 0 fully saturated rings. The van der Waals surface area contributed by atoms with E-state index in [0.717, 1.165) is 71.7 Å². The summed E-state index contributed by atoms with van der Waals surface area (Å²) in [7, 11) is 11.2. The molecule has 0 amide bonds. The van der Waals surface area contributed by atoms with Gasteiger partial charge in [0.15, 0.2) is 17.5 Å². The van der Waals surface area contributed by atoms with Crippen LogP contribution in [0.25, 0.3) is 111 Å². The number of nitrogens with zero attached hydrogens (tertiary/aromatic N) is 3. The third-order valence-electron chi connectivity index (χ3n) is 12.8. The quantitative estimate of drug-likeness (QED) is 0.224. The van der Waals surface area contributed by atoms with Gasteiger partial charge in [0.25, 0.3) is 0 Å². The van der Waals surface area contributed by atoms with Gasteiger partial charge in [-0.05, 0) is 58.1 Å². The lowest BCUT2D eigenvalue weighted by Gasteiger charge is -2.20. The minimum atomic E-state index is 0.550. The zero-order valence-corrected chi connectivity index (χ0v) is 34.7. The van der Waals surface area contributed by atoms with Gasteiger partial charge >= 0.3 is 0 Å². The third-order valence-corrected chi connectivity index (χ3v) is 12.8. The number of benzene rings is 8. The van der Waals surface area contributed by atoms with Crippen LogP contribution in [0.15, 0.2) is 167 Å². The fourth-order valence-electron chi connectivity index (χ4n) is 9.03. The van der Waals surface area contributed by atoms with Gasteiger partial charge in [-0.3, -0.25) is 0 Å². The van der Waals surface area contributed by atoms with Crippen molar-refractivity contribution in [2.45, 2.75) is 0 Å². The number of hydrogen-bond donors (Lipinski definition) is 0. The van der Waals surface area contributed by atoms with Crippen LogP contribution in [0, 0.1) is 0 Å². The Balaban J connectivity index is 0.958. The van der Waals surface area contributed by atoms with Gasteiger partial charge in [-0.1, -0.05) is 138 Å². The highest BCUT2D eigenvalue weighted by molar-refractivity contribution is 6.68. The van der Waals surface area contributed by atoms with Crippen molar-refractivity contribution in [3.8, 4) is 67.5 Å². The van der Waals surface area contributed by atoms with E-state index >= 15 is 0 Å². The standard InChI is InChI=1S/C51H36B5N3O2/c52-42-41(43(53)45(55)46(56)44(42)54)30-22-18-28(19-23-30)27-16-20-29(21-17-27)33-11-6-13-36-38-26-32(24-25-40(38)61-47(33)36)50-57-49(31-8-2-1-3-9-31)58-51(59-50)37-14-7-12-35-34-10-4-5-15-39(34)60-48(35)37/h1-26H,52-56H2. The van der Waals surface area contributed by atoms with Crippen molar-refractivity contribution in [1.29, 1.82) is 0 Å². The first-order valence-electron chi connectivity index (χ1n) is 20.8. The molecule has 11 aromatic rings. The fraction of sp³-hybridized carbons (Fsp3) is 0. The molecule has 0 unspecified atom stereocenters. The fourth-order valence-corrected chi connectivity index (χ4v) is 9.03. The van der Waals surface area contributed by atoms with Crippen LogP contribution in [0.5, 0.6) is 0 Å². The van der Waals surface area contributed by atoms with E-state index in [9.17, 15) is 0 Å². The van der Waals surface area contributed by atoms with E-state index in [0.29, 0.717) is 17.5 Å². The summed E-state index contributed by atoms with van der Waals surface area (Å²) in [4.78, 5) is 15.2. The second-order valence-electron chi connectivity index (χ2n) is 16.1. The summed E-state index contributed by atoms with van der Waals surface area (Å²) in [5, 5.41) is 4.11. The van der Waals surface area contributed by atoms with Crippen LogP contribution >= 0.6 is 0 Å². The Bertz CT molecular complexity index is 3500. The predicted molar refractivity (Wildman–Crippen MR) is 268 cm³/mol. The number of fused-ring (bicyclic) bond motifs is 6. The average molecular weight is 777 g/mol. The van der Waals surface area contributed by atoms with Gasteiger partial charge in [0.2, 0.25) is 0 Å². The summed E-state index contributed by atoms with van der Waals surface area (Å²) in [6, 6.07) is 54.6. The van der Waals surface area contributed by atoms with E-state index in [1.807, 2.05) is 72.8 Å². The first kappa shape index (κ1) is 36.8. The van der Waals surface area contributed by atoms with Gasteiger partial charge in [-0.15, -0.1) is 16.4 Å². The Kier molecular flexibility index (Phi) is 8.71. The number of para-hydroxylation sites is 3. The zero-order valence-electron chi connectivity index (χ0n) is 34.7. The van der Waals surface area contributed by atoms with Gasteiger partial charge in [-0.25, -0.2) is 15.0 Å². The molecule has 3 heterocycles. The Hall–Kier alpha value is -7.31. The molecular weight excluding hydrogens is 741 g/mol. The first-order valence-corrected chi connectivity index (χ1v) is 20.8. The summed E-state index contributed by atoms with van der Waals surface area (Å²) >= 11 is 0. The van der Waals surface area contributed by atoms with Crippen molar-refractivity contribution in [2.75, 3.05) is 0 Å². The number of furan rings is 2. The molecule has 5 nitrogen and oxygen atoms in total. The molecule has 8 aromatic carbocycles. The summed E-state index contributed by atoms with van der Waals surface area (Å²) in [5.74, 6) is 1.71. The van der Waals surface area contributed by atoms with Gasteiger partial charge in [0.1, 0.15) is 61.6 Å². The predicted octanol–water partition coefficient (Wildman–Crippen LogP) is 4.96. The molecule has 0 bridgehead atoms. The smallest absolute Gasteiger partial charge is 0.167 e. The van der Waals surface area contributed by atoms with Crippen molar-refractivity contribution >= 4 is 110 Å². The highest BCUT2D eigenvalue weighted by Gasteiger charge is 2.20. The monoisotopic (exact) mass is 777 g/mol. The molecule has 0 spiro atoms. The van der Waals surface area contributed by atoms with Crippen LogP contribution < -0.4 is 27.3 Å². The normalized spacial score (nSPS) is 11.6. The summed E-state index contributed by atoms with van der Waals surface area (Å²) < 4.78 is 13.1. The molecular formula is C51H36B5N3O2. The lowest BCUT2D eigenvalue weighted by Crippen LogP contribution is -2.55. The van der Waals surface area contributed by atoms with Crippen molar-refractivity contribution < 1.29 is 8.83 Å². The van der Waals surface area contributed by atoms with Crippen LogP contribution in [0.3, 0.4) is 0 Å². The van der Waals surface area contributed by atoms with Crippen LogP contribution in [0.4, 0.5) is 0 Å². The number of hydrogen-bond acceptors (Lipinski definition) is 5. The molecule has 0 atom stereocenters. The molecule has 0 saturated heterocycles. The molecule has 0 radical (unpaired) electrons. The van der Waals surface area contributed by atoms with Crippen molar-refractivity contribution in [3.05, 3.63) is 158 Å². The molecule has 3 aromatic heterocycles. The minimum absolute atomic E-state index is 0.550. The maximum Gasteiger partial charge on any atom is 0.167 e. The summed E-state index contributed by atoms with van der Waals surface area (Å²) in [6.07, 6.45) is 0. The van der Waals surface area contributed by atoms with Crippen LogP contribution in [0.2, 0.25) is 0 Å². The lowest BCUT2D eigenvalue weighted by molar-refractivity contribution is 0.669. The van der Waals surface area contributed by atoms with Crippen molar-refractivity contribution in [3.63, 3.8) is 0 Å². The highest BCUT2D eigenvalue weighted by atomic mass is 16.3. The van der Waals surface area contributed by atoms with E-state index in [1.165, 1.54) is 49.6 Å². The van der Waals surface area contributed by atoms with Crippen molar-refractivity contribution in [2.24, 2.45) is 0 Å². The molecule has 10 heteroatoms. The van der Waals surface area contributed by atoms with Crippen LogP contribution in [-0.4, -0.2) is 54.2 Å². The van der Waals surface area contributed by atoms with E-state index in [2.05, 4.69) is 124 Å². The highest BCUT2D eigenvalue weighted by Crippen LogP contribution is 2.39. The third kappa shape index (κ3) is 6.12. The molecule has 0 aliphatic rings. The van der Waals surface area contributed by atoms with E-state index in [1.54, 1.807) is 0 Å². The lowest BCUT2D eigenvalue weighted by atomic mass is 9.59. The average Bonchev–Trinajstić information content (AvgIpc) is 3.89. The van der Waals surface area contributed by atoms with Gasteiger partial charge in [0.05, 0.1) is 5.56 Å². The Labute approximate surface area is 358 Å². The SMILES string of the molecule is Bc1c(B)c(B)c(-c2ccc(-c3ccc(-c4cccc5c4oc4ccc(-c6nc(-c7ccccc7)nc(-c7cccc8c7oc7ccccc78)n6)cc45)cc3)cc2)c(B)c1B. The second kappa shape index (κ2) is 14.5. The van der Waals surface area contributed by atoms with Gasteiger partial charge < -0.3 is 8.83 Å². The second-order valence-corrected chi connectivity index (χ2v) is 16.1. The van der Waals surface area contributed by atoms with E-state index in [-0.39, 0.29) is 0 Å². The first-order chi connectivity index (χ1) is 29.8. The molecule has 282 valence electrons. The van der Waals surface area contributed by atoms with Crippen molar-refractivity contribution in [1.82, 2.24) is 15.0 Å². The molecule has 11 rings (SSSR count). The Morgan fingerprint density at radius 3 is 1.48 bits per heavy atom. The zero-order chi connectivity index (χ0) is 41.4. The van der Waals surface area contributed by atoms with Gasteiger partial charge in [-0.2, -0.15) is 0 Å². The topological polar surface area (TPSA) is 65.0 Å². The summed E-state index contributed by atoms with van der Waals surface area (Å²) in [6.45, 7) is 0. The molecule has 0 N–H and O–H groups in total. The summed E-state index contributed by atoms with van der Waals surface area (Å²) in [5.41, 5.74) is 19.8. The van der Waals surface area contributed by atoms with Crippen LogP contribution in [-0.2, 0) is 0 Å².